The molecular weight excluding hydrogens is 214 g/mol. The number of aromatic nitrogens is 1. The van der Waals surface area contributed by atoms with Crippen LogP contribution in [0.25, 0.3) is 0 Å². The van der Waals surface area contributed by atoms with Gasteiger partial charge in [0.1, 0.15) is 0 Å². The van der Waals surface area contributed by atoms with Crippen molar-refractivity contribution in [2.24, 2.45) is 0 Å². The first-order chi connectivity index (χ1) is 8.29. The van der Waals surface area contributed by atoms with Gasteiger partial charge in [-0.2, -0.15) is 0 Å². The van der Waals surface area contributed by atoms with Crippen LogP contribution in [-0.2, 0) is 6.54 Å². The third-order valence-electron chi connectivity index (χ3n) is 2.53. The smallest absolute Gasteiger partial charge is 0.251 e. The fourth-order valence-electron chi connectivity index (χ4n) is 1.56. The van der Waals surface area contributed by atoms with E-state index < -0.39 is 0 Å². The molecule has 1 aromatic heterocycles. The third-order valence-corrected chi connectivity index (χ3v) is 2.53. The largest absolute Gasteiger partial charge is 0.381 e. The van der Waals surface area contributed by atoms with Gasteiger partial charge >= 0.3 is 0 Å². The second-order valence-electron chi connectivity index (χ2n) is 3.73. The third kappa shape index (κ3) is 2.87. The first kappa shape index (κ1) is 11.3. The summed E-state index contributed by atoms with van der Waals surface area (Å²) in [6, 6.07) is 9.43. The molecule has 0 aliphatic rings. The number of H-pyrrole nitrogens is 1. The minimum Gasteiger partial charge on any atom is -0.381 e. The molecule has 0 unspecified atom stereocenters. The van der Waals surface area contributed by atoms with Gasteiger partial charge in [0.05, 0.1) is 0 Å². The molecule has 4 heteroatoms. The normalized spacial score (nSPS) is 9.94. The quantitative estimate of drug-likeness (QED) is 0.751. The maximum Gasteiger partial charge on any atom is 0.251 e. The Morgan fingerprint density at radius 2 is 2.00 bits per heavy atom. The summed E-state index contributed by atoms with van der Waals surface area (Å²) in [5.41, 5.74) is 2.86. The summed E-state index contributed by atoms with van der Waals surface area (Å²) in [6.07, 6.45) is 3.84. The Morgan fingerprint density at radius 1 is 1.24 bits per heavy atom. The van der Waals surface area contributed by atoms with Crippen molar-refractivity contribution in [1.29, 1.82) is 0 Å². The number of nitrogens with one attached hydrogen (secondary N) is 3. The van der Waals surface area contributed by atoms with Gasteiger partial charge in [0, 0.05) is 37.2 Å². The summed E-state index contributed by atoms with van der Waals surface area (Å²) in [5, 5.41) is 5.87. The number of benzene rings is 1. The minimum atomic E-state index is -0.0674. The maximum atomic E-state index is 11.3. The van der Waals surface area contributed by atoms with Gasteiger partial charge in [-0.05, 0) is 35.9 Å². The molecule has 4 nitrogen and oxygen atoms in total. The number of carbonyl (C=O) groups excluding carboxylic acids is 1. The van der Waals surface area contributed by atoms with Crippen molar-refractivity contribution in [3.63, 3.8) is 0 Å². The number of hydrogen-bond acceptors (Lipinski definition) is 2. The van der Waals surface area contributed by atoms with Crippen LogP contribution in [0.15, 0.2) is 42.7 Å². The van der Waals surface area contributed by atoms with Crippen LogP contribution in [0.1, 0.15) is 15.9 Å². The van der Waals surface area contributed by atoms with Crippen molar-refractivity contribution in [1.82, 2.24) is 10.3 Å². The molecule has 0 aliphatic heterocycles. The lowest BCUT2D eigenvalue weighted by molar-refractivity contribution is 0.0963. The Kier molecular flexibility index (Phi) is 3.45. The molecule has 1 aromatic carbocycles. The number of anilines is 1. The summed E-state index contributed by atoms with van der Waals surface area (Å²) in [5.74, 6) is -0.0674. The van der Waals surface area contributed by atoms with Crippen LogP contribution in [0.4, 0.5) is 5.69 Å². The molecule has 2 aromatic rings. The first-order valence-electron chi connectivity index (χ1n) is 5.47. The highest BCUT2D eigenvalue weighted by atomic mass is 16.1. The van der Waals surface area contributed by atoms with Crippen molar-refractivity contribution >= 4 is 11.6 Å². The van der Waals surface area contributed by atoms with Gasteiger partial charge in [0.15, 0.2) is 0 Å². The molecule has 88 valence electrons. The summed E-state index contributed by atoms with van der Waals surface area (Å²) in [6.45, 7) is 0.767. The summed E-state index contributed by atoms with van der Waals surface area (Å²) in [7, 11) is 1.63. The standard InChI is InChI=1S/C13H15N3O/c1-14-13(17)11-2-4-12(5-3-11)16-9-10-6-7-15-8-10/h2-8,15-16H,9H2,1H3,(H,14,17). The van der Waals surface area contributed by atoms with Crippen LogP contribution in [0.2, 0.25) is 0 Å². The highest BCUT2D eigenvalue weighted by Gasteiger charge is 2.01. The molecule has 3 N–H and O–H groups in total. The second kappa shape index (κ2) is 5.21. The summed E-state index contributed by atoms with van der Waals surface area (Å²) < 4.78 is 0. The Hall–Kier alpha value is -2.23. The molecule has 0 radical (unpaired) electrons. The zero-order valence-corrected chi connectivity index (χ0v) is 9.66. The Bertz CT molecular complexity index is 474. The van der Waals surface area contributed by atoms with E-state index in [1.54, 1.807) is 19.2 Å². The lowest BCUT2D eigenvalue weighted by atomic mass is 10.2. The van der Waals surface area contributed by atoms with E-state index >= 15 is 0 Å². The van der Waals surface area contributed by atoms with Crippen LogP contribution in [-0.4, -0.2) is 17.9 Å². The van der Waals surface area contributed by atoms with E-state index in [4.69, 9.17) is 0 Å². The Balaban J connectivity index is 1.96. The van der Waals surface area contributed by atoms with Crippen molar-refractivity contribution in [3.05, 3.63) is 53.9 Å². The molecule has 0 spiro atoms. The second-order valence-corrected chi connectivity index (χ2v) is 3.73. The van der Waals surface area contributed by atoms with Gasteiger partial charge in [0.25, 0.3) is 5.91 Å². The van der Waals surface area contributed by atoms with Crippen molar-refractivity contribution < 1.29 is 4.79 Å². The molecule has 0 saturated heterocycles. The van der Waals surface area contributed by atoms with Crippen LogP contribution in [0.5, 0.6) is 0 Å². The van der Waals surface area contributed by atoms with Crippen LogP contribution in [0, 0.1) is 0 Å². The number of carbonyl (C=O) groups is 1. The predicted octanol–water partition coefficient (Wildman–Crippen LogP) is 1.99. The van der Waals surface area contributed by atoms with E-state index in [2.05, 4.69) is 15.6 Å². The van der Waals surface area contributed by atoms with Crippen LogP contribution < -0.4 is 10.6 Å². The number of aromatic amines is 1. The number of amides is 1. The van der Waals surface area contributed by atoms with Gasteiger partial charge in [-0.15, -0.1) is 0 Å². The molecule has 1 heterocycles. The molecule has 0 aliphatic carbocycles. The van der Waals surface area contributed by atoms with E-state index in [1.807, 2.05) is 30.6 Å². The SMILES string of the molecule is CNC(=O)c1ccc(NCc2cc[nH]c2)cc1. The maximum absolute atomic E-state index is 11.3. The fourth-order valence-corrected chi connectivity index (χ4v) is 1.56. The van der Waals surface area contributed by atoms with E-state index in [0.717, 1.165) is 12.2 Å². The Labute approximate surface area is 100 Å². The van der Waals surface area contributed by atoms with Crippen LogP contribution >= 0.6 is 0 Å². The monoisotopic (exact) mass is 229 g/mol. The van der Waals surface area contributed by atoms with Crippen molar-refractivity contribution in [2.45, 2.75) is 6.54 Å². The molecule has 17 heavy (non-hydrogen) atoms. The highest BCUT2D eigenvalue weighted by Crippen LogP contribution is 2.11. The zero-order chi connectivity index (χ0) is 12.1. The molecule has 0 bridgehead atoms. The molecule has 2 rings (SSSR count). The van der Waals surface area contributed by atoms with Gasteiger partial charge in [-0.25, -0.2) is 0 Å². The number of rotatable bonds is 4. The van der Waals surface area contributed by atoms with E-state index in [1.165, 1.54) is 5.56 Å². The summed E-state index contributed by atoms with van der Waals surface area (Å²) in [4.78, 5) is 14.3. The molecule has 0 fully saturated rings. The van der Waals surface area contributed by atoms with E-state index in [-0.39, 0.29) is 5.91 Å². The van der Waals surface area contributed by atoms with Crippen molar-refractivity contribution in [3.8, 4) is 0 Å². The molecular formula is C13H15N3O. The lowest BCUT2D eigenvalue weighted by Crippen LogP contribution is -2.17. The topological polar surface area (TPSA) is 56.9 Å². The summed E-state index contributed by atoms with van der Waals surface area (Å²) >= 11 is 0. The van der Waals surface area contributed by atoms with Gasteiger partial charge in [0.2, 0.25) is 0 Å². The Morgan fingerprint density at radius 3 is 2.59 bits per heavy atom. The van der Waals surface area contributed by atoms with Gasteiger partial charge < -0.3 is 15.6 Å². The molecule has 0 atom stereocenters. The average Bonchev–Trinajstić information content (AvgIpc) is 2.89. The zero-order valence-electron chi connectivity index (χ0n) is 9.66. The average molecular weight is 229 g/mol. The van der Waals surface area contributed by atoms with Crippen LogP contribution in [0.3, 0.4) is 0 Å². The van der Waals surface area contributed by atoms with E-state index in [9.17, 15) is 4.79 Å². The molecule has 0 saturated carbocycles. The van der Waals surface area contributed by atoms with Gasteiger partial charge in [-0.1, -0.05) is 0 Å². The predicted molar refractivity (Wildman–Crippen MR) is 68.0 cm³/mol. The highest BCUT2D eigenvalue weighted by molar-refractivity contribution is 5.94. The fraction of sp³-hybridized carbons (Fsp3) is 0.154. The van der Waals surface area contributed by atoms with Gasteiger partial charge in [-0.3, -0.25) is 4.79 Å². The van der Waals surface area contributed by atoms with E-state index in [0.29, 0.717) is 5.56 Å². The minimum absolute atomic E-state index is 0.0674. The van der Waals surface area contributed by atoms with Crippen molar-refractivity contribution in [2.75, 3.05) is 12.4 Å². The lowest BCUT2D eigenvalue weighted by Gasteiger charge is -2.06. The molecule has 1 amide bonds. The number of hydrogen-bond donors (Lipinski definition) is 3. The first-order valence-corrected chi connectivity index (χ1v) is 5.47.